The van der Waals surface area contributed by atoms with Crippen molar-refractivity contribution < 1.29 is 24.2 Å². The Morgan fingerprint density at radius 3 is 1.89 bits per heavy atom. The van der Waals surface area contributed by atoms with Gasteiger partial charge in [-0.2, -0.15) is 0 Å². The minimum atomic E-state index is -1.02. The maximum Gasteiger partial charge on any atom is 0.326 e. The van der Waals surface area contributed by atoms with E-state index in [0.717, 1.165) is 77.0 Å². The normalized spacial score (nSPS) is 13.3. The van der Waals surface area contributed by atoms with E-state index in [2.05, 4.69) is 61.7 Å². The largest absolute Gasteiger partial charge is 0.480 e. The van der Waals surface area contributed by atoms with E-state index in [0.29, 0.717) is 38.6 Å². The molecule has 0 bridgehead atoms. The summed E-state index contributed by atoms with van der Waals surface area (Å²) in [6, 6.07) is -0.875. The first-order chi connectivity index (χ1) is 22.4. The number of aliphatic carboxylic acids is 1. The molecule has 0 aliphatic rings. The summed E-state index contributed by atoms with van der Waals surface area (Å²) < 4.78 is 5.85. The summed E-state index contributed by atoms with van der Waals surface area (Å²) in [4.78, 5) is 36.1. The third-order valence-electron chi connectivity index (χ3n) is 7.83. The maximum absolute atomic E-state index is 12.6. The van der Waals surface area contributed by atoms with E-state index in [1.165, 1.54) is 38.5 Å². The number of amides is 1. The minimum Gasteiger partial charge on any atom is -0.480 e. The number of nitrogens with one attached hydrogen (secondary N) is 1. The van der Waals surface area contributed by atoms with Gasteiger partial charge in [0.15, 0.2) is 0 Å². The van der Waals surface area contributed by atoms with Crippen molar-refractivity contribution in [1.82, 2.24) is 5.32 Å². The Hall–Kier alpha value is -2.67. The first-order valence-corrected chi connectivity index (χ1v) is 18.5. The van der Waals surface area contributed by atoms with Crippen LogP contribution in [0.15, 0.2) is 48.6 Å². The highest BCUT2D eigenvalue weighted by molar-refractivity contribution is 5.83. The fraction of sp³-hybridized carbons (Fsp3) is 0.718. The van der Waals surface area contributed by atoms with Crippen molar-refractivity contribution in [3.8, 4) is 0 Å². The fourth-order valence-electron chi connectivity index (χ4n) is 5.02. The molecular weight excluding hydrogens is 576 g/mol. The summed E-state index contributed by atoms with van der Waals surface area (Å²) in [5.74, 6) is -1.38. The third kappa shape index (κ3) is 30.0. The monoisotopic (exact) mass is 645 g/mol. The van der Waals surface area contributed by atoms with Gasteiger partial charge in [-0.3, -0.25) is 9.59 Å². The number of rotatable bonds is 32. The van der Waals surface area contributed by atoms with Crippen LogP contribution in [0.1, 0.15) is 162 Å². The number of ether oxygens (including phenoxy) is 1. The molecule has 0 saturated heterocycles. The van der Waals surface area contributed by atoms with E-state index in [-0.39, 0.29) is 18.0 Å². The maximum atomic E-state index is 12.6. The molecule has 0 saturated carbocycles. The number of carbonyl (C=O) groups excluding carboxylic acids is 2. The Bertz CT molecular complexity index is 864. The number of hydrogen-bond donors (Lipinski definition) is 3. The molecule has 46 heavy (non-hydrogen) atoms. The van der Waals surface area contributed by atoms with E-state index < -0.39 is 12.0 Å². The van der Waals surface area contributed by atoms with Crippen molar-refractivity contribution in [2.24, 2.45) is 5.73 Å². The van der Waals surface area contributed by atoms with Gasteiger partial charge in [-0.25, -0.2) is 4.79 Å². The highest BCUT2D eigenvalue weighted by Crippen LogP contribution is 2.14. The molecule has 0 aliphatic carbocycles. The van der Waals surface area contributed by atoms with Gasteiger partial charge in [0.25, 0.3) is 0 Å². The van der Waals surface area contributed by atoms with Crippen LogP contribution < -0.4 is 11.1 Å². The standard InChI is InChI=1S/C39H68N2O5/c1-3-5-7-9-11-12-13-14-15-16-17-18-19-21-27-33-38(43)46-35(29-24-20-10-8-6-4-2)30-25-22-23-26-32-37(42)41-36(39(44)45)31-28-34-40/h8,10-12,14-15,24,29,35-36H,3-7,9,13,16-23,25-28,30-34,40H2,1-2H3,(H,41,42)(H,44,45)/b10-8-,12-11-,15-14-,29-24-. The van der Waals surface area contributed by atoms with Crippen molar-refractivity contribution in [2.45, 2.75) is 174 Å². The molecule has 2 atom stereocenters. The fourth-order valence-corrected chi connectivity index (χ4v) is 5.02. The lowest BCUT2D eigenvalue weighted by atomic mass is 10.1. The van der Waals surface area contributed by atoms with Crippen molar-refractivity contribution in [1.29, 1.82) is 0 Å². The Kier molecular flexibility index (Phi) is 31.7. The smallest absolute Gasteiger partial charge is 0.326 e. The molecule has 7 nitrogen and oxygen atoms in total. The van der Waals surface area contributed by atoms with Gasteiger partial charge in [0.1, 0.15) is 12.1 Å². The Balaban J connectivity index is 4.28. The number of allylic oxidation sites excluding steroid dienone is 7. The molecule has 0 aliphatic heterocycles. The van der Waals surface area contributed by atoms with E-state index in [9.17, 15) is 19.5 Å². The molecular formula is C39H68N2O5. The molecule has 0 aromatic heterocycles. The predicted octanol–water partition coefficient (Wildman–Crippen LogP) is 9.66. The zero-order chi connectivity index (χ0) is 33.9. The molecule has 0 rings (SSSR count). The number of carbonyl (C=O) groups is 3. The van der Waals surface area contributed by atoms with Crippen LogP contribution in [0, 0.1) is 0 Å². The topological polar surface area (TPSA) is 119 Å². The van der Waals surface area contributed by atoms with E-state index in [1.807, 2.05) is 6.08 Å². The lowest BCUT2D eigenvalue weighted by molar-refractivity contribution is -0.147. The SMILES string of the molecule is CCC/C=C\C/C=C\C(CCCCCCC(=O)NC(CCCN)C(=O)O)OC(=O)CCCCCCC/C=C\C/C=C\CCCCC. The summed E-state index contributed by atoms with van der Waals surface area (Å²) in [6.07, 6.45) is 38.9. The number of unbranched alkanes of at least 4 members (excludes halogenated alkanes) is 12. The molecule has 0 fully saturated rings. The Morgan fingerprint density at radius 2 is 1.24 bits per heavy atom. The van der Waals surface area contributed by atoms with Crippen LogP contribution in [-0.2, 0) is 19.1 Å². The first kappa shape index (κ1) is 43.3. The molecule has 0 spiro atoms. The molecule has 0 aromatic rings. The second-order valence-electron chi connectivity index (χ2n) is 12.3. The van der Waals surface area contributed by atoms with Crippen LogP contribution in [-0.4, -0.2) is 41.6 Å². The summed E-state index contributed by atoms with van der Waals surface area (Å²) >= 11 is 0. The Labute approximate surface area is 281 Å². The Morgan fingerprint density at radius 1 is 0.652 bits per heavy atom. The van der Waals surface area contributed by atoms with Gasteiger partial charge in [0, 0.05) is 12.8 Å². The van der Waals surface area contributed by atoms with Gasteiger partial charge in [-0.05, 0) is 96.1 Å². The van der Waals surface area contributed by atoms with Crippen molar-refractivity contribution in [2.75, 3.05) is 6.54 Å². The second-order valence-corrected chi connectivity index (χ2v) is 12.3. The van der Waals surface area contributed by atoms with Gasteiger partial charge >= 0.3 is 11.9 Å². The highest BCUT2D eigenvalue weighted by Gasteiger charge is 2.18. The van der Waals surface area contributed by atoms with Crippen LogP contribution in [0.2, 0.25) is 0 Å². The van der Waals surface area contributed by atoms with Crippen LogP contribution in [0.25, 0.3) is 0 Å². The first-order valence-electron chi connectivity index (χ1n) is 18.5. The summed E-state index contributed by atoms with van der Waals surface area (Å²) in [5, 5.41) is 11.9. The van der Waals surface area contributed by atoms with Crippen LogP contribution in [0.3, 0.4) is 0 Å². The number of hydrogen-bond acceptors (Lipinski definition) is 5. The number of carboxylic acids is 1. The third-order valence-corrected chi connectivity index (χ3v) is 7.83. The number of esters is 1. The van der Waals surface area contributed by atoms with Crippen LogP contribution >= 0.6 is 0 Å². The van der Waals surface area contributed by atoms with Crippen molar-refractivity contribution in [3.05, 3.63) is 48.6 Å². The molecule has 7 heteroatoms. The number of nitrogens with two attached hydrogens (primary N) is 1. The average Bonchev–Trinajstić information content (AvgIpc) is 3.04. The summed E-state index contributed by atoms with van der Waals surface area (Å²) in [7, 11) is 0. The molecule has 0 radical (unpaired) electrons. The van der Waals surface area contributed by atoms with Gasteiger partial charge in [0.05, 0.1) is 0 Å². The van der Waals surface area contributed by atoms with Gasteiger partial charge in [0.2, 0.25) is 5.91 Å². The van der Waals surface area contributed by atoms with Crippen molar-refractivity contribution >= 4 is 17.8 Å². The minimum absolute atomic E-state index is 0.124. The lowest BCUT2D eigenvalue weighted by Gasteiger charge is -2.15. The highest BCUT2D eigenvalue weighted by atomic mass is 16.5. The van der Waals surface area contributed by atoms with Crippen LogP contribution in [0.4, 0.5) is 0 Å². The summed E-state index contributed by atoms with van der Waals surface area (Å²) in [5.41, 5.74) is 5.46. The van der Waals surface area contributed by atoms with Crippen molar-refractivity contribution in [3.63, 3.8) is 0 Å². The molecule has 4 N–H and O–H groups in total. The van der Waals surface area contributed by atoms with Gasteiger partial charge in [-0.1, -0.05) is 108 Å². The molecule has 0 aromatic carbocycles. The molecule has 264 valence electrons. The lowest BCUT2D eigenvalue weighted by Crippen LogP contribution is -2.40. The molecule has 0 heterocycles. The average molecular weight is 645 g/mol. The summed E-state index contributed by atoms with van der Waals surface area (Å²) in [6.45, 7) is 4.80. The molecule has 2 unspecified atom stereocenters. The van der Waals surface area contributed by atoms with E-state index >= 15 is 0 Å². The quantitative estimate of drug-likeness (QED) is 0.0381. The van der Waals surface area contributed by atoms with E-state index in [1.54, 1.807) is 0 Å². The molecule has 1 amide bonds. The number of carboxylic acid groups (broad SMARTS) is 1. The second kappa shape index (κ2) is 33.7. The van der Waals surface area contributed by atoms with Gasteiger partial charge < -0.3 is 20.9 Å². The zero-order valence-electron chi connectivity index (χ0n) is 29.4. The zero-order valence-corrected chi connectivity index (χ0v) is 29.4. The predicted molar refractivity (Wildman–Crippen MR) is 193 cm³/mol. The van der Waals surface area contributed by atoms with E-state index in [4.69, 9.17) is 10.5 Å². The van der Waals surface area contributed by atoms with Gasteiger partial charge in [-0.15, -0.1) is 0 Å². The van der Waals surface area contributed by atoms with Crippen LogP contribution in [0.5, 0.6) is 0 Å².